The molecule has 4 rings (SSSR count). The summed E-state index contributed by atoms with van der Waals surface area (Å²) in [5.74, 6) is 0.715. The van der Waals surface area contributed by atoms with Crippen LogP contribution in [0.3, 0.4) is 0 Å². The van der Waals surface area contributed by atoms with Gasteiger partial charge in [-0.3, -0.25) is 4.98 Å². The van der Waals surface area contributed by atoms with E-state index >= 15 is 0 Å². The van der Waals surface area contributed by atoms with Crippen molar-refractivity contribution in [3.63, 3.8) is 0 Å². The molecule has 3 heterocycles. The average Bonchev–Trinajstić information content (AvgIpc) is 3.37. The number of aromatic nitrogens is 7. The monoisotopic (exact) mass is 372 g/mol. The quantitative estimate of drug-likeness (QED) is 0.483. The zero-order chi connectivity index (χ0) is 19.2. The molecule has 0 saturated carbocycles. The van der Waals surface area contributed by atoms with Crippen LogP contribution >= 0.6 is 0 Å². The Morgan fingerprint density at radius 1 is 1.25 bits per heavy atom. The van der Waals surface area contributed by atoms with E-state index in [-0.39, 0.29) is 6.04 Å². The van der Waals surface area contributed by atoms with E-state index in [4.69, 9.17) is 0 Å². The number of hydrogen-bond donors (Lipinski definition) is 2. The third kappa shape index (κ3) is 3.96. The Morgan fingerprint density at radius 2 is 2.21 bits per heavy atom. The van der Waals surface area contributed by atoms with Gasteiger partial charge in [-0.2, -0.15) is 0 Å². The highest BCUT2D eigenvalue weighted by molar-refractivity contribution is 5.78. The van der Waals surface area contributed by atoms with Gasteiger partial charge in [0.05, 0.1) is 23.9 Å². The van der Waals surface area contributed by atoms with E-state index in [0.717, 1.165) is 22.3 Å². The van der Waals surface area contributed by atoms with E-state index in [1.807, 2.05) is 67.8 Å². The molecule has 8 heteroatoms. The van der Waals surface area contributed by atoms with E-state index in [9.17, 15) is 0 Å². The van der Waals surface area contributed by atoms with E-state index < -0.39 is 0 Å². The third-order valence-electron chi connectivity index (χ3n) is 4.24. The van der Waals surface area contributed by atoms with Crippen LogP contribution in [0.5, 0.6) is 0 Å². The minimum Gasteiger partial charge on any atom is -0.372 e. The second kappa shape index (κ2) is 8.26. The number of pyridine rings is 1. The fourth-order valence-electron chi connectivity index (χ4n) is 2.90. The highest BCUT2D eigenvalue weighted by Crippen LogP contribution is 2.22. The van der Waals surface area contributed by atoms with Crippen molar-refractivity contribution in [2.75, 3.05) is 5.32 Å². The minimum absolute atomic E-state index is 0.209. The van der Waals surface area contributed by atoms with Crippen LogP contribution in [0.2, 0.25) is 0 Å². The predicted octanol–water partition coefficient (Wildman–Crippen LogP) is 3.28. The zero-order valence-corrected chi connectivity index (χ0v) is 15.4. The van der Waals surface area contributed by atoms with Gasteiger partial charge in [0.25, 0.3) is 0 Å². The van der Waals surface area contributed by atoms with Crippen molar-refractivity contribution >= 4 is 16.7 Å². The summed E-state index contributed by atoms with van der Waals surface area (Å²) in [5, 5.41) is 15.8. The van der Waals surface area contributed by atoms with Crippen molar-refractivity contribution in [3.8, 4) is 0 Å². The number of allylic oxidation sites excluding steroid dienone is 3. The summed E-state index contributed by atoms with van der Waals surface area (Å²) in [6.07, 6.45) is 13.2. The molecule has 0 aliphatic carbocycles. The van der Waals surface area contributed by atoms with Gasteiger partial charge in [0.1, 0.15) is 6.04 Å². The highest BCUT2D eigenvalue weighted by Gasteiger charge is 2.17. The molecule has 0 aliphatic heterocycles. The largest absolute Gasteiger partial charge is 0.372 e. The number of anilines is 1. The Bertz CT molecular complexity index is 1090. The SMILES string of the molecule is C/C=C/C=C/C(Nc1ccc2[nH]cnc2c1)c1nnnn1Cc1cccnc1. The van der Waals surface area contributed by atoms with E-state index in [1.165, 1.54) is 0 Å². The number of fused-ring (bicyclic) bond motifs is 1. The third-order valence-corrected chi connectivity index (χ3v) is 4.24. The predicted molar refractivity (Wildman–Crippen MR) is 108 cm³/mol. The van der Waals surface area contributed by atoms with Crippen molar-refractivity contribution in [1.82, 2.24) is 35.2 Å². The van der Waals surface area contributed by atoms with Gasteiger partial charge in [0.2, 0.25) is 0 Å². The van der Waals surface area contributed by atoms with Crippen LogP contribution < -0.4 is 5.32 Å². The summed E-state index contributed by atoms with van der Waals surface area (Å²) in [7, 11) is 0. The lowest BCUT2D eigenvalue weighted by atomic mass is 10.2. The number of benzene rings is 1. The number of tetrazole rings is 1. The Kier molecular flexibility index (Phi) is 5.19. The van der Waals surface area contributed by atoms with Crippen LogP contribution in [0.1, 0.15) is 24.4 Å². The van der Waals surface area contributed by atoms with Gasteiger partial charge in [0.15, 0.2) is 5.82 Å². The van der Waals surface area contributed by atoms with E-state index in [1.54, 1.807) is 17.2 Å². The van der Waals surface area contributed by atoms with Gasteiger partial charge in [0, 0.05) is 18.1 Å². The lowest BCUT2D eigenvalue weighted by Gasteiger charge is -2.16. The summed E-state index contributed by atoms with van der Waals surface area (Å²) in [4.78, 5) is 11.6. The van der Waals surface area contributed by atoms with Gasteiger partial charge in [-0.1, -0.05) is 30.4 Å². The summed E-state index contributed by atoms with van der Waals surface area (Å²) in [6.45, 7) is 2.52. The van der Waals surface area contributed by atoms with Crippen LogP contribution in [0.4, 0.5) is 5.69 Å². The molecular formula is C20H20N8. The first-order valence-corrected chi connectivity index (χ1v) is 8.97. The summed E-state index contributed by atoms with van der Waals surface area (Å²) in [5.41, 5.74) is 3.86. The highest BCUT2D eigenvalue weighted by atomic mass is 15.5. The second-order valence-corrected chi connectivity index (χ2v) is 6.22. The van der Waals surface area contributed by atoms with Gasteiger partial charge < -0.3 is 10.3 Å². The summed E-state index contributed by atoms with van der Waals surface area (Å²) >= 11 is 0. The van der Waals surface area contributed by atoms with E-state index in [0.29, 0.717) is 12.4 Å². The molecule has 0 fully saturated rings. The number of imidazole rings is 1. The molecule has 1 atom stereocenters. The molecular weight excluding hydrogens is 352 g/mol. The van der Waals surface area contributed by atoms with Crippen LogP contribution in [0.25, 0.3) is 11.0 Å². The molecule has 3 aromatic heterocycles. The summed E-state index contributed by atoms with van der Waals surface area (Å²) in [6, 6.07) is 9.70. The van der Waals surface area contributed by atoms with Gasteiger partial charge in [-0.25, -0.2) is 9.67 Å². The van der Waals surface area contributed by atoms with Gasteiger partial charge in [-0.15, -0.1) is 5.10 Å². The molecule has 28 heavy (non-hydrogen) atoms. The molecule has 140 valence electrons. The molecule has 0 amide bonds. The second-order valence-electron chi connectivity index (χ2n) is 6.22. The van der Waals surface area contributed by atoms with Crippen molar-refractivity contribution in [1.29, 1.82) is 0 Å². The van der Waals surface area contributed by atoms with Crippen molar-refractivity contribution < 1.29 is 0 Å². The van der Waals surface area contributed by atoms with Crippen LogP contribution in [0, 0.1) is 0 Å². The number of aromatic amines is 1. The fourth-order valence-corrected chi connectivity index (χ4v) is 2.90. The molecule has 1 unspecified atom stereocenters. The molecule has 1 aromatic carbocycles. The van der Waals surface area contributed by atoms with Crippen molar-refractivity contribution in [2.24, 2.45) is 0 Å². The smallest absolute Gasteiger partial charge is 0.177 e. The molecule has 0 aliphatic rings. The molecule has 8 nitrogen and oxygen atoms in total. The van der Waals surface area contributed by atoms with Crippen LogP contribution in [-0.4, -0.2) is 35.2 Å². The van der Waals surface area contributed by atoms with E-state index in [2.05, 4.69) is 35.8 Å². The Labute approximate surface area is 162 Å². The van der Waals surface area contributed by atoms with Crippen LogP contribution in [-0.2, 0) is 6.54 Å². The normalized spacial score (nSPS) is 12.9. The number of hydrogen-bond acceptors (Lipinski definition) is 6. The topological polar surface area (TPSA) is 97.2 Å². The fraction of sp³-hybridized carbons (Fsp3) is 0.150. The Balaban J connectivity index is 1.63. The molecule has 2 N–H and O–H groups in total. The first kappa shape index (κ1) is 17.6. The molecule has 0 spiro atoms. The standard InChI is InChI=1S/C20H20N8/c1-2-3-4-7-18(24-16-8-9-17-19(11-16)23-14-22-17)20-25-26-27-28(20)13-15-6-5-10-21-12-15/h2-12,14,18,24H,13H2,1H3,(H,22,23)/b3-2+,7-4+. The Morgan fingerprint density at radius 3 is 3.07 bits per heavy atom. The Hall–Kier alpha value is -3.81. The van der Waals surface area contributed by atoms with Crippen LogP contribution in [0.15, 0.2) is 73.4 Å². The van der Waals surface area contributed by atoms with Gasteiger partial charge >= 0.3 is 0 Å². The van der Waals surface area contributed by atoms with Gasteiger partial charge in [-0.05, 0) is 47.2 Å². The number of nitrogens with zero attached hydrogens (tertiary/aromatic N) is 6. The minimum atomic E-state index is -0.209. The number of nitrogens with one attached hydrogen (secondary N) is 2. The first-order valence-electron chi connectivity index (χ1n) is 8.97. The number of rotatable bonds is 7. The lowest BCUT2D eigenvalue weighted by molar-refractivity contribution is 0.610. The van der Waals surface area contributed by atoms with Crippen molar-refractivity contribution in [2.45, 2.75) is 19.5 Å². The summed E-state index contributed by atoms with van der Waals surface area (Å²) < 4.78 is 1.78. The van der Waals surface area contributed by atoms with Crippen molar-refractivity contribution in [3.05, 3.63) is 84.7 Å². The molecule has 0 saturated heterocycles. The molecule has 0 radical (unpaired) electrons. The lowest BCUT2D eigenvalue weighted by Crippen LogP contribution is -2.16. The maximum absolute atomic E-state index is 4.32. The molecule has 0 bridgehead atoms. The molecule has 4 aromatic rings. The maximum atomic E-state index is 4.32. The maximum Gasteiger partial charge on any atom is 0.177 e. The zero-order valence-electron chi connectivity index (χ0n) is 15.4. The first-order chi connectivity index (χ1) is 13.8. The number of H-pyrrole nitrogens is 1. The average molecular weight is 372 g/mol.